The van der Waals surface area contributed by atoms with Crippen molar-refractivity contribution in [1.29, 1.82) is 0 Å². The van der Waals surface area contributed by atoms with Crippen LogP contribution in [0.5, 0.6) is 0 Å². The van der Waals surface area contributed by atoms with Crippen LogP contribution < -0.4 is 0 Å². The monoisotopic (exact) mass is 473 g/mol. The average Bonchev–Trinajstić information content (AvgIpc) is 3.33. The van der Waals surface area contributed by atoms with Crippen molar-refractivity contribution in [3.63, 3.8) is 0 Å². The molecule has 35 heavy (non-hydrogen) atoms. The van der Waals surface area contributed by atoms with E-state index in [1.807, 2.05) is 32.3 Å². The summed E-state index contributed by atoms with van der Waals surface area (Å²) in [6, 6.07) is 7.01. The van der Waals surface area contributed by atoms with Crippen LogP contribution in [0.25, 0.3) is 33.3 Å². The summed E-state index contributed by atoms with van der Waals surface area (Å²) < 4.78 is 17.6. The van der Waals surface area contributed by atoms with Crippen molar-refractivity contribution in [3.8, 4) is 11.4 Å². The number of rotatable bonds is 6. The van der Waals surface area contributed by atoms with Crippen LogP contribution in [0, 0.1) is 12.7 Å². The molecule has 0 saturated carbocycles. The van der Waals surface area contributed by atoms with Gasteiger partial charge >= 0.3 is 0 Å². The number of fused-ring (bicyclic) bond motifs is 3. The Hall–Kier alpha value is -3.72. The molecule has 1 unspecified atom stereocenters. The van der Waals surface area contributed by atoms with Gasteiger partial charge in [-0.3, -0.25) is 15.0 Å². The molecule has 0 amide bonds. The van der Waals surface area contributed by atoms with Gasteiger partial charge in [0.25, 0.3) is 0 Å². The Kier molecular flexibility index (Phi) is 5.59. The largest absolute Gasteiger partial charge is 0.386 e. The molecule has 1 atom stereocenters. The van der Waals surface area contributed by atoms with Crippen molar-refractivity contribution in [3.05, 3.63) is 65.6 Å². The molecule has 0 aliphatic rings. The Morgan fingerprint density at radius 1 is 1.06 bits per heavy atom. The Morgan fingerprint density at radius 2 is 1.86 bits per heavy atom. The standard InChI is InChI=1S/C26H28FN7O/c1-6-7-21(19-9-8-17(27)13-28-19)34-22-11-20(25-15(2)31-32-33(25)5)29-14-18(22)24-23(34)10-16(12-30-24)26(3,4)35/h8-14,21,35H,6-7H2,1-5H3. The summed E-state index contributed by atoms with van der Waals surface area (Å²) in [5.41, 5.74) is 5.35. The molecule has 0 radical (unpaired) electrons. The highest BCUT2D eigenvalue weighted by Gasteiger charge is 2.25. The molecule has 5 rings (SSSR count). The maximum atomic E-state index is 13.7. The lowest BCUT2D eigenvalue weighted by atomic mass is 10.00. The number of halogens is 1. The Balaban J connectivity index is 1.86. The summed E-state index contributed by atoms with van der Waals surface area (Å²) in [4.78, 5) is 13.9. The van der Waals surface area contributed by atoms with E-state index in [2.05, 4.69) is 26.8 Å². The summed E-state index contributed by atoms with van der Waals surface area (Å²) in [7, 11) is 1.84. The van der Waals surface area contributed by atoms with E-state index in [9.17, 15) is 9.50 Å². The smallest absolute Gasteiger partial charge is 0.141 e. The normalized spacial score (nSPS) is 13.1. The van der Waals surface area contributed by atoms with Gasteiger partial charge in [-0.05, 0) is 51.5 Å². The predicted octanol–water partition coefficient (Wildman–Crippen LogP) is 4.84. The van der Waals surface area contributed by atoms with Gasteiger partial charge in [-0.15, -0.1) is 5.10 Å². The molecule has 0 aromatic carbocycles. The maximum absolute atomic E-state index is 13.7. The van der Waals surface area contributed by atoms with Crippen molar-refractivity contribution in [1.82, 2.24) is 34.5 Å². The first-order valence-corrected chi connectivity index (χ1v) is 11.7. The minimum absolute atomic E-state index is 0.166. The van der Waals surface area contributed by atoms with Gasteiger partial charge < -0.3 is 9.67 Å². The first kappa shape index (κ1) is 23.0. The van der Waals surface area contributed by atoms with Crippen LogP contribution in [-0.2, 0) is 12.6 Å². The van der Waals surface area contributed by atoms with Crippen LogP contribution in [0.2, 0.25) is 0 Å². The van der Waals surface area contributed by atoms with Crippen LogP contribution in [0.3, 0.4) is 0 Å². The Bertz CT molecular complexity index is 1510. The molecule has 0 aliphatic carbocycles. The SMILES string of the molecule is CCCC(c1ccc(F)cn1)n1c2cc(-c3c(C)nnn3C)ncc2c2ncc(C(C)(C)O)cc21. The Labute approximate surface area is 202 Å². The van der Waals surface area contributed by atoms with Crippen LogP contribution >= 0.6 is 0 Å². The lowest BCUT2D eigenvalue weighted by Gasteiger charge is -2.22. The molecular weight excluding hydrogens is 445 g/mol. The van der Waals surface area contributed by atoms with Crippen molar-refractivity contribution in [2.24, 2.45) is 7.05 Å². The molecular formula is C26H28FN7O. The summed E-state index contributed by atoms with van der Waals surface area (Å²) in [6.07, 6.45) is 6.47. The summed E-state index contributed by atoms with van der Waals surface area (Å²) in [5.74, 6) is -0.372. The molecule has 5 aromatic heterocycles. The average molecular weight is 474 g/mol. The minimum Gasteiger partial charge on any atom is -0.386 e. The lowest BCUT2D eigenvalue weighted by molar-refractivity contribution is 0.0784. The number of aryl methyl sites for hydroxylation is 2. The molecule has 180 valence electrons. The molecule has 0 saturated heterocycles. The molecule has 1 N–H and O–H groups in total. The highest BCUT2D eigenvalue weighted by molar-refractivity contribution is 6.06. The molecule has 5 heterocycles. The van der Waals surface area contributed by atoms with Gasteiger partial charge in [0, 0.05) is 30.4 Å². The third kappa shape index (κ3) is 3.95. The molecule has 8 nitrogen and oxygen atoms in total. The lowest BCUT2D eigenvalue weighted by Crippen LogP contribution is -2.17. The highest BCUT2D eigenvalue weighted by Crippen LogP contribution is 2.37. The number of nitrogens with zero attached hydrogens (tertiary/aromatic N) is 7. The second kappa shape index (κ2) is 8.49. The first-order valence-electron chi connectivity index (χ1n) is 11.7. The molecule has 5 aromatic rings. The van der Waals surface area contributed by atoms with E-state index < -0.39 is 5.60 Å². The molecule has 9 heteroatoms. The third-order valence-electron chi connectivity index (χ3n) is 6.43. The van der Waals surface area contributed by atoms with Gasteiger partial charge in [-0.2, -0.15) is 0 Å². The van der Waals surface area contributed by atoms with Crippen molar-refractivity contribution >= 4 is 21.9 Å². The number of aliphatic hydroxyl groups is 1. The first-order chi connectivity index (χ1) is 16.7. The van der Waals surface area contributed by atoms with E-state index >= 15 is 0 Å². The zero-order chi connectivity index (χ0) is 24.9. The van der Waals surface area contributed by atoms with Gasteiger partial charge in [0.15, 0.2) is 0 Å². The minimum atomic E-state index is -1.06. The van der Waals surface area contributed by atoms with E-state index in [-0.39, 0.29) is 11.9 Å². The fourth-order valence-electron chi connectivity index (χ4n) is 4.68. The van der Waals surface area contributed by atoms with Gasteiger partial charge in [-0.1, -0.05) is 18.6 Å². The number of aromatic nitrogens is 7. The zero-order valence-corrected chi connectivity index (χ0v) is 20.5. The van der Waals surface area contributed by atoms with Crippen LogP contribution in [0.15, 0.2) is 42.9 Å². The van der Waals surface area contributed by atoms with E-state index in [0.717, 1.165) is 57.6 Å². The quantitative estimate of drug-likeness (QED) is 0.379. The number of pyridine rings is 3. The van der Waals surface area contributed by atoms with E-state index in [4.69, 9.17) is 9.97 Å². The topological polar surface area (TPSA) is 94.5 Å². The molecule has 0 aliphatic heterocycles. The fourth-order valence-corrected chi connectivity index (χ4v) is 4.68. The third-order valence-corrected chi connectivity index (χ3v) is 6.43. The van der Waals surface area contributed by atoms with Crippen molar-refractivity contribution in [2.45, 2.75) is 52.2 Å². The van der Waals surface area contributed by atoms with Gasteiger partial charge in [0.05, 0.1) is 51.5 Å². The summed E-state index contributed by atoms with van der Waals surface area (Å²) >= 11 is 0. The summed E-state index contributed by atoms with van der Waals surface area (Å²) in [5, 5.41) is 19.9. The molecule has 0 spiro atoms. The molecule has 0 bridgehead atoms. The maximum Gasteiger partial charge on any atom is 0.141 e. The van der Waals surface area contributed by atoms with Crippen LogP contribution in [-0.4, -0.2) is 39.6 Å². The van der Waals surface area contributed by atoms with Gasteiger partial charge in [0.1, 0.15) is 11.5 Å². The fraction of sp³-hybridized carbons (Fsp3) is 0.346. The van der Waals surface area contributed by atoms with E-state index in [1.165, 1.54) is 12.3 Å². The predicted molar refractivity (Wildman–Crippen MR) is 132 cm³/mol. The van der Waals surface area contributed by atoms with E-state index in [0.29, 0.717) is 5.56 Å². The highest BCUT2D eigenvalue weighted by atomic mass is 19.1. The second-order valence-electron chi connectivity index (χ2n) is 9.46. The van der Waals surface area contributed by atoms with Crippen LogP contribution in [0.1, 0.15) is 56.6 Å². The van der Waals surface area contributed by atoms with Crippen LogP contribution in [0.4, 0.5) is 4.39 Å². The number of hydrogen-bond acceptors (Lipinski definition) is 6. The summed E-state index contributed by atoms with van der Waals surface area (Å²) in [6.45, 7) is 7.50. The van der Waals surface area contributed by atoms with E-state index in [1.54, 1.807) is 30.8 Å². The van der Waals surface area contributed by atoms with Gasteiger partial charge in [0.2, 0.25) is 0 Å². The zero-order valence-electron chi connectivity index (χ0n) is 20.5. The van der Waals surface area contributed by atoms with Gasteiger partial charge in [-0.25, -0.2) is 9.07 Å². The number of hydrogen-bond donors (Lipinski definition) is 1. The van der Waals surface area contributed by atoms with Crippen molar-refractivity contribution < 1.29 is 9.50 Å². The van der Waals surface area contributed by atoms with Crippen molar-refractivity contribution in [2.75, 3.05) is 0 Å². The second-order valence-corrected chi connectivity index (χ2v) is 9.46. The Morgan fingerprint density at radius 3 is 2.49 bits per heavy atom. The molecule has 0 fully saturated rings.